The Morgan fingerprint density at radius 3 is 1.09 bits per heavy atom. The molecule has 0 fully saturated rings. The van der Waals surface area contributed by atoms with Crippen LogP contribution in [0.2, 0.25) is 0 Å². The minimum Gasteiger partial charge on any atom is -0.310 e. The Labute approximate surface area is 832 Å². The van der Waals surface area contributed by atoms with Crippen LogP contribution < -0.4 is 26.2 Å². The van der Waals surface area contributed by atoms with Crippen molar-refractivity contribution in [3.05, 3.63) is 513 Å². The molecular formula is C135H89BN4. The van der Waals surface area contributed by atoms with E-state index in [4.69, 9.17) is 0 Å². The molecule has 4 heterocycles. The highest BCUT2D eigenvalue weighted by Gasteiger charge is 2.52. The smallest absolute Gasteiger partial charge is 0.252 e. The zero-order chi connectivity index (χ0) is 105. The number of rotatable bonds is 11. The zero-order valence-corrected chi connectivity index (χ0v) is 76.5. The zero-order valence-electron chi connectivity index (χ0n) is 90.5. The summed E-state index contributed by atoms with van der Waals surface area (Å²) < 4.78 is 146. The highest BCUT2D eigenvalue weighted by atomic mass is 15.2. The lowest BCUT2D eigenvalue weighted by Crippen LogP contribution is -2.61. The lowest BCUT2D eigenvalue weighted by molar-refractivity contribution is 0.591. The van der Waals surface area contributed by atoms with Crippen molar-refractivity contribution in [1.29, 1.82) is 0 Å². The second-order valence-electron chi connectivity index (χ2n) is 38.5. The summed E-state index contributed by atoms with van der Waals surface area (Å²) in [5.74, 6) is 0. The van der Waals surface area contributed by atoms with Crippen LogP contribution in [0.25, 0.3) is 198 Å². The Morgan fingerprint density at radius 2 is 0.614 bits per heavy atom. The number of fused-ring (bicyclic) bond motifs is 26. The van der Waals surface area contributed by atoms with Gasteiger partial charge in [-0.1, -0.05) is 403 Å². The third-order valence-corrected chi connectivity index (χ3v) is 30.1. The van der Waals surface area contributed by atoms with Crippen molar-refractivity contribution in [2.45, 2.75) is 31.6 Å². The van der Waals surface area contributed by atoms with Crippen molar-refractivity contribution in [3.63, 3.8) is 0 Å². The molecule has 29 rings (SSSR count). The highest BCUT2D eigenvalue weighted by molar-refractivity contribution is 7.00. The predicted octanol–water partition coefficient (Wildman–Crippen LogP) is 33.9. The fourth-order valence-electron chi connectivity index (χ4n) is 23.8. The molecule has 4 aliphatic rings. The molecule has 0 saturated heterocycles. The molecule has 0 amide bonds. The highest BCUT2D eigenvalue weighted by Crippen LogP contribution is 2.64. The minimum atomic E-state index is -0.858. The van der Waals surface area contributed by atoms with E-state index in [0.717, 1.165) is 166 Å². The van der Waals surface area contributed by atoms with Crippen LogP contribution in [0.1, 0.15) is 67.8 Å². The maximum atomic E-state index is 10.7. The molecule has 0 unspecified atom stereocenters. The third kappa shape index (κ3) is 11.9. The van der Waals surface area contributed by atoms with Crippen molar-refractivity contribution in [2.24, 2.45) is 0 Å². The van der Waals surface area contributed by atoms with E-state index in [1.807, 2.05) is 60.7 Å². The Morgan fingerprint density at radius 1 is 0.236 bits per heavy atom. The number of hydrogen-bond donors (Lipinski definition) is 0. The van der Waals surface area contributed by atoms with Crippen molar-refractivity contribution < 1.29 is 19.2 Å². The van der Waals surface area contributed by atoms with E-state index in [9.17, 15) is 19.2 Å². The summed E-state index contributed by atoms with van der Waals surface area (Å²) in [6.45, 7) is 5.86. The molecule has 652 valence electrons. The molecule has 4 nitrogen and oxygen atoms in total. The molecule has 0 atom stereocenters. The Hall–Kier alpha value is -17.6. The number of aromatic nitrogens is 2. The van der Waals surface area contributed by atoms with Crippen LogP contribution >= 0.6 is 0 Å². The van der Waals surface area contributed by atoms with Crippen LogP contribution in [0.3, 0.4) is 0 Å². The number of nitrogens with zero attached hydrogens (tertiary/aromatic N) is 4. The van der Waals surface area contributed by atoms with Gasteiger partial charge in [-0.2, -0.15) is 0 Å². The van der Waals surface area contributed by atoms with Crippen LogP contribution in [0.5, 0.6) is 0 Å². The van der Waals surface area contributed by atoms with Crippen LogP contribution in [-0.4, -0.2) is 15.8 Å². The molecule has 23 aromatic carbocycles. The number of anilines is 6. The van der Waals surface area contributed by atoms with Gasteiger partial charge in [0.15, 0.2) is 0 Å². The first-order valence-corrected chi connectivity index (χ1v) is 47.9. The van der Waals surface area contributed by atoms with Gasteiger partial charge in [0, 0.05) is 77.9 Å². The Balaban J connectivity index is 0.823. The van der Waals surface area contributed by atoms with Crippen molar-refractivity contribution in [3.8, 4) is 112 Å². The third-order valence-electron chi connectivity index (χ3n) is 30.1. The summed E-state index contributed by atoms with van der Waals surface area (Å²) in [6, 6.07) is 135. The first-order chi connectivity index (χ1) is 74.9. The average Bonchev–Trinajstić information content (AvgIpc) is 1.44. The average molecular weight is 1790 g/mol. The Kier molecular flexibility index (Phi) is 14.6. The van der Waals surface area contributed by atoms with Crippen LogP contribution in [0, 0.1) is 0 Å². The molecule has 1 spiro atoms. The molecule has 2 aliphatic heterocycles. The molecule has 2 aromatic heterocycles. The first-order valence-electron chi connectivity index (χ1n) is 54.9. The number of para-hydroxylation sites is 3. The van der Waals surface area contributed by atoms with Gasteiger partial charge in [-0.15, -0.1) is 0 Å². The molecular weight excluding hydrogens is 1690 g/mol. The molecule has 2 aliphatic carbocycles. The van der Waals surface area contributed by atoms with E-state index in [-0.39, 0.29) is 91.0 Å². The monoisotopic (exact) mass is 1790 g/mol. The molecule has 0 radical (unpaired) electrons. The second kappa shape index (κ2) is 30.7. The van der Waals surface area contributed by atoms with Gasteiger partial charge >= 0.3 is 0 Å². The largest absolute Gasteiger partial charge is 0.310 e. The van der Waals surface area contributed by atoms with E-state index >= 15 is 0 Å². The van der Waals surface area contributed by atoms with Crippen molar-refractivity contribution in [2.75, 3.05) is 9.80 Å². The van der Waals surface area contributed by atoms with Gasteiger partial charge in [-0.3, -0.25) is 0 Å². The van der Waals surface area contributed by atoms with Crippen molar-refractivity contribution in [1.82, 2.24) is 9.13 Å². The van der Waals surface area contributed by atoms with Gasteiger partial charge in [0.1, 0.15) is 0 Å². The SMILES string of the molecule is [2H]c1c([2H])c([2H])c2c(c1[2H])c1c([2H])c(-c3ccccc3)c([2H])c([2H])c1n2-c1ccc2c(c1)N(c1c(-c3ccc4ccc5ccccc5c4c3)cccc1-c1ccc3ccc4ccccc4c3c1)c1cc(-c3ccc4c(c3)-c3ccccc3C43c4ccccc4-c4ccccc43)cc3c1B2c1ccc(-n2c4c([2H])c([2H])c([2H])c([2H])c4c4c([2H])c(-c5ccccc5)c([2H])c([2H])c42)cc1N3c1c(-c2ccccc2)cc(C(C)(C)C)cc1-c1ccccc1. The van der Waals surface area contributed by atoms with E-state index in [2.05, 4.69) is 346 Å². The van der Waals surface area contributed by atoms with Crippen LogP contribution in [-0.2, 0) is 10.8 Å². The number of benzene rings is 23. The standard InChI is InChI=1S/C135H89BN4/c1-134(2,3)98-80-112(86-35-12-6-13-36-86)133(113(81-98)87-37-14-7-15-38-87)140-128-83-100(138-124-54-29-24-47-109(124)116-75-93(65-72-126(116)138)85-33-10-5-11-34-85)67-70-122(128)136-121-69-66-99(137-123-53-28-23-46-108(123)115-74-92(64-71-125(115)137)84-31-8-4-9-32-84)82-127(121)139(129-78-97(79-130(140)131(129)136)94-63-68-120-114(73-94)107-45-22-27-52-119(107)135(120)117-50-25-20-43-105(117)106-44-21-26-51-118(106)135)132-103(95-61-59-90-57-55-88-39-16-18-41-101(88)110(90)76-95)48-30-49-104(132)96-62-60-91-58-56-89-40-17-19-42-102(89)111(91)77-96/h4-83H,1-3H3/i23D,24D,28D,29D,46D,47D,53D,54D,64D,65D,71D,72D,74D,75D. The molecule has 0 saturated carbocycles. The van der Waals surface area contributed by atoms with Gasteiger partial charge in [0.2, 0.25) is 0 Å². The van der Waals surface area contributed by atoms with Gasteiger partial charge in [-0.05, 0) is 274 Å². The van der Waals surface area contributed by atoms with E-state index in [1.54, 1.807) is 33.4 Å². The fourth-order valence-corrected chi connectivity index (χ4v) is 23.8. The maximum absolute atomic E-state index is 10.7. The summed E-state index contributed by atoms with van der Waals surface area (Å²) in [5.41, 5.74) is 26.0. The van der Waals surface area contributed by atoms with E-state index < -0.39 is 65.9 Å². The fraction of sp³-hybridized carbons (Fsp3) is 0.0370. The molecule has 5 heteroatoms. The lowest BCUT2D eigenvalue weighted by Gasteiger charge is -2.46. The summed E-state index contributed by atoms with van der Waals surface area (Å²) in [6.07, 6.45) is 0. The molecule has 0 N–H and O–H groups in total. The predicted molar refractivity (Wildman–Crippen MR) is 592 cm³/mol. The van der Waals surface area contributed by atoms with E-state index in [1.165, 1.54) is 22.3 Å². The maximum Gasteiger partial charge on any atom is 0.252 e. The van der Waals surface area contributed by atoms with Crippen LogP contribution in [0.15, 0.2) is 485 Å². The lowest BCUT2D eigenvalue weighted by atomic mass is 9.33. The van der Waals surface area contributed by atoms with Gasteiger partial charge in [0.25, 0.3) is 6.71 Å². The topological polar surface area (TPSA) is 16.3 Å². The van der Waals surface area contributed by atoms with Crippen LogP contribution in [0.4, 0.5) is 34.1 Å². The normalized spacial score (nSPS) is 14.5. The molecule has 140 heavy (non-hydrogen) atoms. The summed E-state index contributed by atoms with van der Waals surface area (Å²) in [7, 11) is 0. The summed E-state index contributed by atoms with van der Waals surface area (Å²) >= 11 is 0. The molecule has 0 bridgehead atoms. The van der Waals surface area contributed by atoms with Crippen molar-refractivity contribution >= 4 is 144 Å². The quantitative estimate of drug-likeness (QED) is 0.0948. The van der Waals surface area contributed by atoms with Gasteiger partial charge < -0.3 is 18.9 Å². The van der Waals surface area contributed by atoms with Gasteiger partial charge in [0.05, 0.1) is 58.0 Å². The number of hydrogen-bond acceptors (Lipinski definition) is 2. The minimum absolute atomic E-state index is 0.00142. The summed E-state index contributed by atoms with van der Waals surface area (Å²) in [5, 5.41) is 8.56. The van der Waals surface area contributed by atoms with Gasteiger partial charge in [-0.25, -0.2) is 0 Å². The summed E-state index contributed by atoms with van der Waals surface area (Å²) in [4.78, 5) is 4.87. The second-order valence-corrected chi connectivity index (χ2v) is 38.5. The first kappa shape index (κ1) is 66.7. The Bertz CT molecular complexity index is 10300. The molecule has 25 aromatic rings. The van der Waals surface area contributed by atoms with E-state index in [0.29, 0.717) is 33.9 Å².